The van der Waals surface area contributed by atoms with Crippen molar-refractivity contribution in [3.8, 4) is 0 Å². The van der Waals surface area contributed by atoms with Gasteiger partial charge in [0.2, 0.25) is 0 Å². The van der Waals surface area contributed by atoms with Gasteiger partial charge in [0.25, 0.3) is 5.91 Å². The van der Waals surface area contributed by atoms with Crippen LogP contribution in [-0.2, 0) is 6.54 Å². The first-order chi connectivity index (χ1) is 11.1. The molecule has 3 rings (SSSR count). The van der Waals surface area contributed by atoms with Gasteiger partial charge in [-0.25, -0.2) is 0 Å². The number of rotatable bonds is 5. The third-order valence-corrected chi connectivity index (χ3v) is 5.85. The van der Waals surface area contributed by atoms with Crippen molar-refractivity contribution in [1.29, 1.82) is 0 Å². The molecule has 0 saturated carbocycles. The van der Waals surface area contributed by atoms with Gasteiger partial charge in [-0.15, -0.1) is 11.3 Å². The predicted molar refractivity (Wildman–Crippen MR) is 101 cm³/mol. The number of amides is 1. The molecular formula is C17H19IN2O2S. The first-order valence-corrected chi connectivity index (χ1v) is 9.56. The first-order valence-electron chi connectivity index (χ1n) is 7.60. The topological polar surface area (TPSA) is 52.6 Å². The summed E-state index contributed by atoms with van der Waals surface area (Å²) in [6.07, 6.45) is 0.386. The lowest BCUT2D eigenvalue weighted by molar-refractivity contribution is 0.0940. The Bertz CT molecular complexity index is 662. The number of nitrogens with zero attached hydrogens (tertiary/aromatic N) is 1. The van der Waals surface area contributed by atoms with Crippen LogP contribution in [0, 0.1) is 2.88 Å². The van der Waals surface area contributed by atoms with Gasteiger partial charge in [-0.2, -0.15) is 0 Å². The van der Waals surface area contributed by atoms with Gasteiger partial charge >= 0.3 is 0 Å². The van der Waals surface area contributed by atoms with Crippen LogP contribution in [0.3, 0.4) is 0 Å². The molecule has 1 aromatic heterocycles. The minimum absolute atomic E-state index is 0.0368. The predicted octanol–water partition coefficient (Wildman–Crippen LogP) is 2.72. The summed E-state index contributed by atoms with van der Waals surface area (Å²) in [4.78, 5) is 14.4. The molecule has 1 amide bonds. The Morgan fingerprint density at radius 2 is 2.17 bits per heavy atom. The van der Waals surface area contributed by atoms with Gasteiger partial charge in [-0.05, 0) is 40.6 Å². The fourth-order valence-electron chi connectivity index (χ4n) is 2.92. The molecule has 6 heteroatoms. The zero-order chi connectivity index (χ0) is 16.2. The highest BCUT2D eigenvalue weighted by atomic mass is 127. The summed E-state index contributed by atoms with van der Waals surface area (Å²) in [6, 6.07) is 12.3. The van der Waals surface area contributed by atoms with Crippen molar-refractivity contribution in [2.24, 2.45) is 0 Å². The van der Waals surface area contributed by atoms with Crippen molar-refractivity contribution in [1.82, 2.24) is 10.2 Å². The van der Waals surface area contributed by atoms with Crippen molar-refractivity contribution in [2.45, 2.75) is 25.1 Å². The molecule has 2 atom stereocenters. The number of aliphatic hydroxyl groups is 1. The summed E-state index contributed by atoms with van der Waals surface area (Å²) < 4.78 is 1.11. The lowest BCUT2D eigenvalue weighted by atomic mass is 10.1. The number of halogens is 1. The molecule has 2 unspecified atom stereocenters. The zero-order valence-electron chi connectivity index (χ0n) is 12.6. The number of β-amino-alcohol motifs (C(OH)–C–C–N with tert-alkyl or cyclic N) is 1. The van der Waals surface area contributed by atoms with Crippen molar-refractivity contribution in [2.75, 3.05) is 13.1 Å². The van der Waals surface area contributed by atoms with Crippen LogP contribution in [0.25, 0.3) is 0 Å². The van der Waals surface area contributed by atoms with E-state index in [-0.39, 0.29) is 18.1 Å². The van der Waals surface area contributed by atoms with Crippen LogP contribution >= 0.6 is 33.9 Å². The van der Waals surface area contributed by atoms with Crippen LogP contribution in [0.1, 0.15) is 22.3 Å². The molecule has 1 fully saturated rings. The average Bonchev–Trinajstić information content (AvgIpc) is 3.12. The van der Waals surface area contributed by atoms with Gasteiger partial charge in [0.1, 0.15) is 0 Å². The summed E-state index contributed by atoms with van der Waals surface area (Å²) >= 11 is 3.79. The second-order valence-electron chi connectivity index (χ2n) is 5.81. The summed E-state index contributed by atoms with van der Waals surface area (Å²) in [5.74, 6) is -0.0368. The van der Waals surface area contributed by atoms with E-state index in [4.69, 9.17) is 0 Å². The highest BCUT2D eigenvalue weighted by Gasteiger charge is 2.31. The van der Waals surface area contributed by atoms with E-state index in [1.54, 1.807) is 11.3 Å². The average molecular weight is 442 g/mol. The van der Waals surface area contributed by atoms with E-state index in [1.807, 2.05) is 29.6 Å². The minimum Gasteiger partial charge on any atom is -0.392 e. The largest absolute Gasteiger partial charge is 0.392 e. The molecule has 0 radical (unpaired) electrons. The van der Waals surface area contributed by atoms with Crippen LogP contribution in [0.5, 0.6) is 0 Å². The van der Waals surface area contributed by atoms with Crippen molar-refractivity contribution < 1.29 is 9.90 Å². The lowest BCUT2D eigenvalue weighted by Crippen LogP contribution is -2.39. The molecule has 1 aliphatic heterocycles. The van der Waals surface area contributed by atoms with Crippen LogP contribution < -0.4 is 5.32 Å². The Hall–Kier alpha value is -0.960. The second-order valence-corrected chi connectivity index (χ2v) is 8.61. The third-order valence-electron chi connectivity index (χ3n) is 4.06. The molecule has 4 nitrogen and oxygen atoms in total. The summed E-state index contributed by atoms with van der Waals surface area (Å²) in [5, 5.41) is 14.9. The van der Waals surface area contributed by atoms with E-state index in [1.165, 1.54) is 5.56 Å². The molecule has 0 bridgehead atoms. The van der Waals surface area contributed by atoms with Crippen LogP contribution in [-0.4, -0.2) is 41.1 Å². The molecule has 122 valence electrons. The standard InChI is InChI=1S/C17H19IN2O2S/c18-16-6-13(11-23-16)17(22)19-8-14-7-15(21)10-20(14)9-12-4-2-1-3-5-12/h1-6,11,14-15,21H,7-10H2,(H,19,22). The number of nitrogens with one attached hydrogen (secondary N) is 1. The van der Waals surface area contributed by atoms with E-state index >= 15 is 0 Å². The first kappa shape index (κ1) is 16.9. The van der Waals surface area contributed by atoms with E-state index in [0.29, 0.717) is 25.1 Å². The van der Waals surface area contributed by atoms with E-state index in [0.717, 1.165) is 9.43 Å². The zero-order valence-corrected chi connectivity index (χ0v) is 15.6. The summed E-state index contributed by atoms with van der Waals surface area (Å²) in [5.41, 5.74) is 1.94. The molecule has 2 heterocycles. The molecule has 23 heavy (non-hydrogen) atoms. The number of hydrogen-bond donors (Lipinski definition) is 2. The number of hydrogen-bond acceptors (Lipinski definition) is 4. The van der Waals surface area contributed by atoms with Crippen LogP contribution in [0.15, 0.2) is 41.8 Å². The SMILES string of the molecule is O=C(NCC1CC(O)CN1Cc1ccccc1)c1csc(I)c1. The fourth-order valence-corrected chi connectivity index (χ4v) is 4.25. The normalized spacial score (nSPS) is 21.5. The molecule has 2 aromatic rings. The van der Waals surface area contributed by atoms with Crippen LogP contribution in [0.2, 0.25) is 0 Å². The molecule has 0 spiro atoms. The van der Waals surface area contributed by atoms with Gasteiger partial charge in [-0.1, -0.05) is 30.3 Å². The Kier molecular flexibility index (Phi) is 5.68. The summed E-state index contributed by atoms with van der Waals surface area (Å²) in [7, 11) is 0. The highest BCUT2D eigenvalue weighted by molar-refractivity contribution is 14.1. The van der Waals surface area contributed by atoms with Gasteiger partial charge < -0.3 is 10.4 Å². The smallest absolute Gasteiger partial charge is 0.252 e. The minimum atomic E-state index is -0.317. The quantitative estimate of drug-likeness (QED) is 0.701. The number of thiophene rings is 1. The lowest BCUT2D eigenvalue weighted by Gasteiger charge is -2.24. The Morgan fingerprint density at radius 3 is 2.87 bits per heavy atom. The Morgan fingerprint density at radius 1 is 1.39 bits per heavy atom. The Balaban J connectivity index is 1.58. The highest BCUT2D eigenvalue weighted by Crippen LogP contribution is 2.21. The maximum Gasteiger partial charge on any atom is 0.252 e. The Labute approximate surface area is 153 Å². The maximum atomic E-state index is 12.2. The number of benzene rings is 1. The van der Waals surface area contributed by atoms with Gasteiger partial charge in [0.05, 0.1) is 14.6 Å². The molecule has 1 aliphatic rings. The molecular weight excluding hydrogens is 423 g/mol. The number of likely N-dealkylation sites (tertiary alicyclic amines) is 1. The van der Waals surface area contributed by atoms with E-state index in [2.05, 4.69) is 44.9 Å². The van der Waals surface area contributed by atoms with Gasteiger partial charge in [-0.3, -0.25) is 9.69 Å². The van der Waals surface area contributed by atoms with Gasteiger partial charge in [0.15, 0.2) is 0 Å². The summed E-state index contributed by atoms with van der Waals surface area (Å²) in [6.45, 7) is 2.02. The van der Waals surface area contributed by atoms with Crippen molar-refractivity contribution in [3.05, 3.63) is 55.8 Å². The van der Waals surface area contributed by atoms with E-state index < -0.39 is 0 Å². The monoisotopic (exact) mass is 442 g/mol. The van der Waals surface area contributed by atoms with Crippen molar-refractivity contribution in [3.63, 3.8) is 0 Å². The third kappa shape index (κ3) is 4.53. The van der Waals surface area contributed by atoms with E-state index in [9.17, 15) is 9.90 Å². The number of carbonyl (C=O) groups excluding carboxylic acids is 1. The van der Waals surface area contributed by atoms with Gasteiger partial charge in [0, 0.05) is 31.1 Å². The number of carbonyl (C=O) groups is 1. The molecule has 1 aromatic carbocycles. The number of aliphatic hydroxyl groups excluding tert-OH is 1. The van der Waals surface area contributed by atoms with Crippen LogP contribution in [0.4, 0.5) is 0 Å². The second kappa shape index (κ2) is 7.74. The van der Waals surface area contributed by atoms with Crippen molar-refractivity contribution >= 4 is 39.8 Å². The maximum absolute atomic E-state index is 12.2. The molecule has 2 N–H and O–H groups in total. The molecule has 0 aliphatic carbocycles. The fraction of sp³-hybridized carbons (Fsp3) is 0.353. The molecule has 1 saturated heterocycles.